The SMILES string of the molecule is CC[C@H]1[C@@H](O)[C@H]2[C@@H]3CC[C@@H]([C@H](C)C(=O)NCCS(=O)(=O)[O-])[C@H]3[C@H](C)C[C@@H]2[C@@]2(C)CC[C@@H](O)C[C@@H]12.[Na+]. The van der Waals surface area contributed by atoms with Gasteiger partial charge in [-0.15, -0.1) is 0 Å². The van der Waals surface area contributed by atoms with Crippen LogP contribution >= 0.6 is 0 Å². The predicted molar refractivity (Wildman–Crippen MR) is 128 cm³/mol. The molecule has 1 amide bonds. The first-order valence-electron chi connectivity index (χ1n) is 13.5. The first kappa shape index (κ1) is 29.9. The van der Waals surface area contributed by atoms with Crippen LogP contribution in [0.2, 0.25) is 0 Å². The maximum Gasteiger partial charge on any atom is 1.00 e. The minimum Gasteiger partial charge on any atom is -0.748 e. The Labute approximate surface area is 233 Å². The average Bonchev–Trinajstić information content (AvgIpc) is 3.20. The summed E-state index contributed by atoms with van der Waals surface area (Å²) in [5, 5.41) is 24.8. The van der Waals surface area contributed by atoms with Crippen molar-refractivity contribution in [2.24, 2.45) is 58.7 Å². The molecule has 0 aromatic carbocycles. The molecule has 0 aromatic rings. The molecule has 4 fully saturated rings. The van der Waals surface area contributed by atoms with Gasteiger partial charge in [-0.2, -0.15) is 0 Å². The van der Waals surface area contributed by atoms with Gasteiger partial charge in [-0.25, -0.2) is 8.42 Å². The Balaban J connectivity index is 0.00000342. The van der Waals surface area contributed by atoms with Crippen LogP contribution in [-0.4, -0.2) is 53.6 Å². The molecule has 4 aliphatic rings. The van der Waals surface area contributed by atoms with Crippen molar-refractivity contribution in [2.45, 2.75) is 84.8 Å². The molecule has 7 nitrogen and oxygen atoms in total. The number of nitrogens with one attached hydrogen (secondary N) is 1. The number of carbonyl (C=O) groups excluding carboxylic acids is 1. The molecule has 0 bridgehead atoms. The number of aliphatic hydroxyl groups is 2. The van der Waals surface area contributed by atoms with Crippen LogP contribution in [0.4, 0.5) is 0 Å². The van der Waals surface area contributed by atoms with Gasteiger partial charge in [0.25, 0.3) is 0 Å². The van der Waals surface area contributed by atoms with Crippen molar-refractivity contribution < 1.29 is 57.5 Å². The molecule has 0 spiro atoms. The van der Waals surface area contributed by atoms with Crippen LogP contribution in [0.25, 0.3) is 0 Å². The van der Waals surface area contributed by atoms with Gasteiger partial charge in [0.2, 0.25) is 5.91 Å². The van der Waals surface area contributed by atoms with Gasteiger partial charge in [0.05, 0.1) is 28.1 Å². The fourth-order valence-corrected chi connectivity index (χ4v) is 9.70. The standard InChI is InChI=1S/C26H45NO6S.Na/c1-5-17-20-13-16(28)8-9-26(20,4)21-12-14(2)22-18(6-7-19(22)23(21)24(17)29)15(3)25(30)27-10-11-34(31,32)33;/h14-24,28-29H,5-13H2,1-4H3,(H,27,30)(H,31,32,33);/q;+1/p-1/t14-,15+,16-,17-,18+,19-,20+,21+,22-,23+,24-,26+;/m1./s1. The normalized spacial score (nSPS) is 45.9. The minimum atomic E-state index is -4.35. The molecule has 0 heterocycles. The molecule has 9 heteroatoms. The van der Waals surface area contributed by atoms with E-state index in [1.165, 1.54) is 0 Å². The monoisotopic (exact) mass is 521 g/mol. The zero-order chi connectivity index (χ0) is 25.0. The maximum atomic E-state index is 12.8. The van der Waals surface area contributed by atoms with Gasteiger partial charge in [-0.05, 0) is 91.3 Å². The van der Waals surface area contributed by atoms with Crippen molar-refractivity contribution in [2.75, 3.05) is 12.3 Å². The zero-order valence-corrected chi connectivity index (χ0v) is 25.0. The van der Waals surface area contributed by atoms with Crippen LogP contribution in [-0.2, 0) is 14.9 Å². The third-order valence-corrected chi connectivity index (χ3v) is 11.5. The summed E-state index contributed by atoms with van der Waals surface area (Å²) in [5.74, 6) is 1.67. The van der Waals surface area contributed by atoms with Gasteiger partial charge in [0, 0.05) is 12.5 Å². The predicted octanol–water partition coefficient (Wildman–Crippen LogP) is -0.229. The Hall–Kier alpha value is 0.300. The Morgan fingerprint density at radius 3 is 2.46 bits per heavy atom. The van der Waals surface area contributed by atoms with Crippen LogP contribution in [0.1, 0.15) is 72.6 Å². The van der Waals surface area contributed by atoms with Crippen LogP contribution in [0.3, 0.4) is 0 Å². The Kier molecular flexibility index (Phi) is 9.54. The van der Waals surface area contributed by atoms with E-state index >= 15 is 0 Å². The molecule has 3 N–H and O–H groups in total. The molecule has 0 unspecified atom stereocenters. The molecule has 196 valence electrons. The van der Waals surface area contributed by atoms with Gasteiger partial charge >= 0.3 is 29.6 Å². The molecule has 0 saturated heterocycles. The van der Waals surface area contributed by atoms with E-state index in [0.717, 1.165) is 44.9 Å². The summed E-state index contributed by atoms with van der Waals surface area (Å²) in [5.41, 5.74) is 0.147. The van der Waals surface area contributed by atoms with E-state index < -0.39 is 15.9 Å². The van der Waals surface area contributed by atoms with Gasteiger partial charge < -0.3 is 20.1 Å². The molecular weight excluding hydrogens is 477 g/mol. The second-order valence-electron chi connectivity index (χ2n) is 12.3. The van der Waals surface area contributed by atoms with Gasteiger partial charge in [-0.3, -0.25) is 4.79 Å². The molecule has 0 aliphatic heterocycles. The van der Waals surface area contributed by atoms with E-state index in [1.54, 1.807) is 0 Å². The van der Waals surface area contributed by atoms with E-state index in [2.05, 4.69) is 26.1 Å². The number of carbonyl (C=O) groups is 1. The molecular formula is C26H44NNaO6S. The Morgan fingerprint density at radius 2 is 1.83 bits per heavy atom. The molecule has 0 aromatic heterocycles. The molecule has 12 atom stereocenters. The molecule has 4 rings (SSSR count). The van der Waals surface area contributed by atoms with Crippen molar-refractivity contribution in [3.05, 3.63) is 0 Å². The average molecular weight is 522 g/mol. The van der Waals surface area contributed by atoms with Crippen molar-refractivity contribution in [3.63, 3.8) is 0 Å². The molecule has 35 heavy (non-hydrogen) atoms. The molecule has 4 saturated carbocycles. The number of aliphatic hydroxyl groups excluding tert-OH is 2. The zero-order valence-electron chi connectivity index (χ0n) is 22.2. The number of rotatable bonds is 6. The van der Waals surface area contributed by atoms with Crippen LogP contribution in [0, 0.1) is 58.7 Å². The first-order valence-corrected chi connectivity index (χ1v) is 15.0. The topological polar surface area (TPSA) is 127 Å². The number of amides is 1. The van der Waals surface area contributed by atoms with Gasteiger partial charge in [-0.1, -0.05) is 34.1 Å². The smallest absolute Gasteiger partial charge is 0.748 e. The second kappa shape index (κ2) is 11.2. The van der Waals surface area contributed by atoms with E-state index in [1.807, 2.05) is 6.92 Å². The largest absolute Gasteiger partial charge is 1.00 e. The Morgan fingerprint density at radius 1 is 1.14 bits per heavy atom. The summed E-state index contributed by atoms with van der Waals surface area (Å²) < 4.78 is 32.7. The summed E-state index contributed by atoms with van der Waals surface area (Å²) in [6.07, 6.45) is 6.01. The van der Waals surface area contributed by atoms with E-state index in [9.17, 15) is 28.0 Å². The molecule has 0 radical (unpaired) electrons. The van der Waals surface area contributed by atoms with E-state index in [0.29, 0.717) is 29.6 Å². The summed E-state index contributed by atoms with van der Waals surface area (Å²) in [4.78, 5) is 12.8. The second-order valence-corrected chi connectivity index (χ2v) is 13.8. The Bertz CT molecular complexity index is 870. The third kappa shape index (κ3) is 5.55. The van der Waals surface area contributed by atoms with Crippen molar-refractivity contribution in [1.29, 1.82) is 0 Å². The summed E-state index contributed by atoms with van der Waals surface area (Å²) >= 11 is 0. The fourth-order valence-electron chi connectivity index (χ4n) is 9.35. The van der Waals surface area contributed by atoms with E-state index in [-0.39, 0.29) is 83.3 Å². The van der Waals surface area contributed by atoms with Crippen molar-refractivity contribution >= 4 is 16.0 Å². The summed E-state index contributed by atoms with van der Waals surface area (Å²) in [6.45, 7) is 8.70. The molecule has 4 aliphatic carbocycles. The van der Waals surface area contributed by atoms with Crippen LogP contribution in [0.5, 0.6) is 0 Å². The van der Waals surface area contributed by atoms with Crippen molar-refractivity contribution in [3.8, 4) is 0 Å². The van der Waals surface area contributed by atoms with Gasteiger partial charge in [0.1, 0.15) is 0 Å². The van der Waals surface area contributed by atoms with Crippen LogP contribution < -0.4 is 34.9 Å². The number of fused-ring (bicyclic) bond motifs is 5. The quantitative estimate of drug-likeness (QED) is 0.327. The number of hydrogen-bond donors (Lipinski definition) is 3. The maximum absolute atomic E-state index is 12.8. The fraction of sp³-hybridized carbons (Fsp3) is 0.962. The van der Waals surface area contributed by atoms with Gasteiger partial charge in [0.15, 0.2) is 0 Å². The first-order chi connectivity index (χ1) is 15.9. The minimum absolute atomic E-state index is 0. The number of hydrogen-bond acceptors (Lipinski definition) is 6. The van der Waals surface area contributed by atoms with Crippen molar-refractivity contribution in [1.82, 2.24) is 5.32 Å². The van der Waals surface area contributed by atoms with Crippen LogP contribution in [0.15, 0.2) is 0 Å². The summed E-state index contributed by atoms with van der Waals surface area (Å²) in [6, 6.07) is 0. The van der Waals surface area contributed by atoms with E-state index in [4.69, 9.17) is 0 Å². The third-order valence-electron chi connectivity index (χ3n) is 10.8. The summed E-state index contributed by atoms with van der Waals surface area (Å²) in [7, 11) is -4.35.